The molecule has 34 heavy (non-hydrogen) atoms. The maximum absolute atomic E-state index is 13.4. The van der Waals surface area contributed by atoms with Gasteiger partial charge < -0.3 is 5.32 Å². The summed E-state index contributed by atoms with van der Waals surface area (Å²) in [5, 5.41) is 13.6. The molecule has 0 bridgehead atoms. The topological polar surface area (TPSA) is 127 Å². The summed E-state index contributed by atoms with van der Waals surface area (Å²) in [5.74, 6) is -2.01. The van der Waals surface area contributed by atoms with Crippen LogP contribution >= 0.6 is 0 Å². The van der Waals surface area contributed by atoms with E-state index in [4.69, 9.17) is 0 Å². The fourth-order valence-corrected chi connectivity index (χ4v) is 3.81. The highest BCUT2D eigenvalue weighted by Crippen LogP contribution is 2.27. The number of ketones is 1. The molecule has 0 aliphatic carbocycles. The fourth-order valence-electron chi connectivity index (χ4n) is 3.81. The Labute approximate surface area is 194 Å². The Morgan fingerprint density at radius 2 is 1.56 bits per heavy atom. The van der Waals surface area contributed by atoms with Gasteiger partial charge in [0.15, 0.2) is 5.78 Å². The SMILES string of the molecule is CC(=O)c1cccc(NC(=O)C(Cc2ccc([N+](=O)[O-])cc2)N2C(=O)c3ccccc3C2=O)c1. The van der Waals surface area contributed by atoms with E-state index in [1.807, 2.05) is 0 Å². The number of hydrogen-bond donors (Lipinski definition) is 1. The van der Waals surface area contributed by atoms with Crippen molar-refractivity contribution in [3.8, 4) is 0 Å². The van der Waals surface area contributed by atoms with E-state index in [0.717, 1.165) is 4.90 Å². The van der Waals surface area contributed by atoms with Crippen LogP contribution in [0, 0.1) is 10.1 Å². The van der Waals surface area contributed by atoms with Gasteiger partial charge in [0.2, 0.25) is 5.91 Å². The molecule has 1 atom stereocenters. The summed E-state index contributed by atoms with van der Waals surface area (Å²) in [7, 11) is 0. The number of carbonyl (C=O) groups is 4. The van der Waals surface area contributed by atoms with Crippen molar-refractivity contribution in [3.05, 3.63) is 105 Å². The third kappa shape index (κ3) is 4.31. The summed E-state index contributed by atoms with van der Waals surface area (Å²) in [6.07, 6.45) is -0.0539. The summed E-state index contributed by atoms with van der Waals surface area (Å²) >= 11 is 0. The van der Waals surface area contributed by atoms with Crippen LogP contribution in [0.5, 0.6) is 0 Å². The van der Waals surface area contributed by atoms with Crippen LogP contribution in [0.3, 0.4) is 0 Å². The monoisotopic (exact) mass is 457 g/mol. The van der Waals surface area contributed by atoms with E-state index in [0.29, 0.717) is 16.8 Å². The second-order valence-corrected chi connectivity index (χ2v) is 7.80. The highest BCUT2D eigenvalue weighted by atomic mass is 16.6. The number of carbonyl (C=O) groups excluding carboxylic acids is 4. The van der Waals surface area contributed by atoms with Crippen molar-refractivity contribution >= 4 is 34.9 Å². The standard InChI is InChI=1S/C25H19N3O6/c1-15(29)17-5-4-6-18(14-17)26-23(30)22(13-16-9-11-19(12-10-16)28(33)34)27-24(31)20-7-2-3-8-21(20)25(27)32/h2-12,14,22H,13H2,1H3,(H,26,30). The molecule has 1 N–H and O–H groups in total. The van der Waals surface area contributed by atoms with Crippen molar-refractivity contribution in [1.29, 1.82) is 0 Å². The lowest BCUT2D eigenvalue weighted by atomic mass is 10.0. The van der Waals surface area contributed by atoms with Gasteiger partial charge in [0.1, 0.15) is 6.04 Å². The second kappa shape index (κ2) is 9.07. The summed E-state index contributed by atoms with van der Waals surface area (Å²) in [6, 6.07) is 16.9. The molecule has 170 valence electrons. The molecule has 0 fully saturated rings. The molecule has 4 rings (SSSR count). The van der Waals surface area contributed by atoms with E-state index in [2.05, 4.69) is 5.32 Å². The van der Waals surface area contributed by atoms with E-state index in [-0.39, 0.29) is 29.0 Å². The molecule has 1 unspecified atom stereocenters. The third-order valence-electron chi connectivity index (χ3n) is 5.55. The molecule has 0 saturated carbocycles. The van der Waals surface area contributed by atoms with Gasteiger partial charge in [-0.05, 0) is 36.8 Å². The van der Waals surface area contributed by atoms with Crippen LogP contribution in [0.4, 0.5) is 11.4 Å². The van der Waals surface area contributed by atoms with Gasteiger partial charge >= 0.3 is 0 Å². The summed E-state index contributed by atoms with van der Waals surface area (Å²) in [6.45, 7) is 1.40. The van der Waals surface area contributed by atoms with Gasteiger partial charge in [-0.25, -0.2) is 0 Å². The van der Waals surface area contributed by atoms with Gasteiger partial charge in [-0.2, -0.15) is 0 Å². The molecular formula is C25H19N3O6. The van der Waals surface area contributed by atoms with Gasteiger partial charge in [0.25, 0.3) is 17.5 Å². The van der Waals surface area contributed by atoms with Gasteiger partial charge in [-0.3, -0.25) is 34.2 Å². The second-order valence-electron chi connectivity index (χ2n) is 7.80. The highest BCUT2D eigenvalue weighted by molar-refractivity contribution is 6.23. The molecular weight excluding hydrogens is 438 g/mol. The minimum Gasteiger partial charge on any atom is -0.324 e. The molecule has 3 aromatic rings. The Balaban J connectivity index is 1.68. The Morgan fingerprint density at radius 1 is 0.941 bits per heavy atom. The molecule has 0 spiro atoms. The molecule has 0 radical (unpaired) electrons. The quantitative estimate of drug-likeness (QED) is 0.250. The predicted molar refractivity (Wildman–Crippen MR) is 123 cm³/mol. The largest absolute Gasteiger partial charge is 0.324 e. The molecule has 1 aliphatic heterocycles. The Hall–Kier alpha value is -4.66. The van der Waals surface area contributed by atoms with Crippen molar-refractivity contribution in [2.24, 2.45) is 0 Å². The Morgan fingerprint density at radius 3 is 2.12 bits per heavy atom. The van der Waals surface area contributed by atoms with E-state index in [9.17, 15) is 29.3 Å². The summed E-state index contributed by atoms with van der Waals surface area (Å²) in [4.78, 5) is 62.5. The molecule has 0 saturated heterocycles. The first-order valence-electron chi connectivity index (χ1n) is 10.4. The van der Waals surface area contributed by atoms with E-state index in [1.54, 1.807) is 30.3 Å². The van der Waals surface area contributed by atoms with Crippen LogP contribution in [0.25, 0.3) is 0 Å². The number of nitro benzene ring substituents is 1. The minimum atomic E-state index is -1.23. The fraction of sp³-hybridized carbons (Fsp3) is 0.120. The van der Waals surface area contributed by atoms with Crippen LogP contribution in [-0.4, -0.2) is 39.4 Å². The lowest BCUT2D eigenvalue weighted by molar-refractivity contribution is -0.384. The van der Waals surface area contributed by atoms with Crippen molar-refractivity contribution < 1.29 is 24.1 Å². The zero-order chi connectivity index (χ0) is 24.4. The van der Waals surface area contributed by atoms with Crippen molar-refractivity contribution in [1.82, 2.24) is 4.90 Å². The number of fused-ring (bicyclic) bond motifs is 1. The smallest absolute Gasteiger partial charge is 0.269 e. The lowest BCUT2D eigenvalue weighted by Crippen LogP contribution is -2.48. The molecule has 1 aliphatic rings. The van der Waals surface area contributed by atoms with Crippen LogP contribution < -0.4 is 5.32 Å². The van der Waals surface area contributed by atoms with Crippen LogP contribution in [0.1, 0.15) is 43.6 Å². The average Bonchev–Trinajstić information content (AvgIpc) is 3.08. The first-order chi connectivity index (χ1) is 16.3. The normalized spacial score (nSPS) is 13.4. The number of hydrogen-bond acceptors (Lipinski definition) is 6. The van der Waals surface area contributed by atoms with Crippen LogP contribution in [0.15, 0.2) is 72.8 Å². The number of anilines is 1. The van der Waals surface area contributed by atoms with E-state index in [1.165, 1.54) is 49.4 Å². The molecule has 0 aromatic heterocycles. The average molecular weight is 457 g/mol. The minimum absolute atomic E-state index is 0.0539. The summed E-state index contributed by atoms with van der Waals surface area (Å²) < 4.78 is 0. The van der Waals surface area contributed by atoms with Crippen molar-refractivity contribution in [3.63, 3.8) is 0 Å². The number of benzene rings is 3. The van der Waals surface area contributed by atoms with Gasteiger partial charge in [0.05, 0.1) is 16.1 Å². The predicted octanol–water partition coefficient (Wildman–Crippen LogP) is 3.64. The number of nitro groups is 1. The first kappa shape index (κ1) is 22.5. The van der Waals surface area contributed by atoms with Gasteiger partial charge in [-0.1, -0.05) is 36.4 Å². The van der Waals surface area contributed by atoms with Gasteiger partial charge in [-0.15, -0.1) is 0 Å². The maximum Gasteiger partial charge on any atom is 0.269 e. The molecule has 9 nitrogen and oxygen atoms in total. The molecule has 1 heterocycles. The van der Waals surface area contributed by atoms with Crippen molar-refractivity contribution in [2.45, 2.75) is 19.4 Å². The maximum atomic E-state index is 13.4. The first-order valence-corrected chi connectivity index (χ1v) is 10.4. The number of imide groups is 1. The number of rotatable bonds is 7. The Bertz CT molecular complexity index is 1300. The number of nitrogens with one attached hydrogen (secondary N) is 1. The summed E-state index contributed by atoms with van der Waals surface area (Å²) in [5.41, 5.74) is 1.54. The third-order valence-corrected chi connectivity index (χ3v) is 5.55. The number of non-ortho nitro benzene ring substituents is 1. The molecule has 3 aromatic carbocycles. The highest BCUT2D eigenvalue weighted by Gasteiger charge is 2.42. The lowest BCUT2D eigenvalue weighted by Gasteiger charge is -2.25. The van der Waals surface area contributed by atoms with E-state index >= 15 is 0 Å². The zero-order valence-corrected chi connectivity index (χ0v) is 18.1. The van der Waals surface area contributed by atoms with Gasteiger partial charge in [0, 0.05) is 29.8 Å². The number of Topliss-reactive ketones (excluding diaryl/α,β-unsaturated/α-hetero) is 1. The Kier molecular flexibility index (Phi) is 6.01. The molecule has 9 heteroatoms. The zero-order valence-electron chi connectivity index (χ0n) is 18.1. The van der Waals surface area contributed by atoms with Crippen LogP contribution in [-0.2, 0) is 11.2 Å². The number of nitrogens with zero attached hydrogens (tertiary/aromatic N) is 2. The van der Waals surface area contributed by atoms with E-state index < -0.39 is 28.7 Å². The molecule has 3 amide bonds. The number of amides is 3. The van der Waals surface area contributed by atoms with Crippen LogP contribution in [0.2, 0.25) is 0 Å². The van der Waals surface area contributed by atoms with Crippen molar-refractivity contribution in [2.75, 3.05) is 5.32 Å².